The molecule has 0 radical (unpaired) electrons. The summed E-state index contributed by atoms with van der Waals surface area (Å²) in [5.74, 6) is 0.314. The monoisotopic (exact) mass is 474 g/mol. The third-order valence-corrected chi connectivity index (χ3v) is 7.38. The predicted molar refractivity (Wildman–Crippen MR) is 134 cm³/mol. The highest BCUT2D eigenvalue weighted by Gasteiger charge is 2.25. The molecular formula is C25H26N6O2S. The molecule has 0 bridgehead atoms. The van der Waals surface area contributed by atoms with Gasteiger partial charge in [-0.25, -0.2) is 4.98 Å². The van der Waals surface area contributed by atoms with E-state index in [2.05, 4.69) is 21.6 Å². The summed E-state index contributed by atoms with van der Waals surface area (Å²) in [5, 5.41) is 7.27. The Balaban J connectivity index is 1.43. The normalized spacial score (nSPS) is 16.4. The Morgan fingerprint density at radius 2 is 2.00 bits per heavy atom. The summed E-state index contributed by atoms with van der Waals surface area (Å²) in [5.41, 5.74) is 2.78. The summed E-state index contributed by atoms with van der Waals surface area (Å²) in [4.78, 5) is 33.5. The maximum Gasteiger partial charge on any atom is 0.268 e. The minimum absolute atomic E-state index is 0.0356. The van der Waals surface area contributed by atoms with Crippen LogP contribution in [0.3, 0.4) is 0 Å². The maximum absolute atomic E-state index is 13.2. The number of fused-ring (bicyclic) bond motifs is 1. The molecule has 1 N–H and O–H groups in total. The van der Waals surface area contributed by atoms with Crippen LogP contribution in [0.2, 0.25) is 0 Å². The van der Waals surface area contributed by atoms with E-state index in [1.807, 2.05) is 54.4 Å². The fourth-order valence-electron chi connectivity index (χ4n) is 4.57. The summed E-state index contributed by atoms with van der Waals surface area (Å²) >= 11 is 1.43. The Morgan fingerprint density at radius 1 is 1.15 bits per heavy atom. The second-order valence-electron chi connectivity index (χ2n) is 8.37. The number of aromatic nitrogens is 4. The Hall–Kier alpha value is -3.72. The Kier molecular flexibility index (Phi) is 6.02. The first-order valence-corrected chi connectivity index (χ1v) is 12.1. The van der Waals surface area contributed by atoms with E-state index in [4.69, 9.17) is 4.98 Å². The van der Waals surface area contributed by atoms with Gasteiger partial charge in [0.15, 0.2) is 0 Å². The van der Waals surface area contributed by atoms with Crippen molar-refractivity contribution in [2.24, 2.45) is 7.05 Å². The van der Waals surface area contributed by atoms with E-state index >= 15 is 0 Å². The first kappa shape index (κ1) is 22.1. The highest BCUT2D eigenvalue weighted by molar-refractivity contribution is 7.17. The zero-order chi connectivity index (χ0) is 23.7. The smallest absolute Gasteiger partial charge is 0.268 e. The van der Waals surface area contributed by atoms with Crippen LogP contribution in [-0.2, 0) is 11.8 Å². The van der Waals surface area contributed by atoms with Crippen LogP contribution in [0.15, 0.2) is 61.3 Å². The molecule has 2 amide bonds. The number of nitrogens with one attached hydrogen (secondary N) is 1. The first-order chi connectivity index (χ1) is 16.5. The number of para-hydroxylation sites is 2. The van der Waals surface area contributed by atoms with Gasteiger partial charge in [0, 0.05) is 32.4 Å². The molecule has 8 nitrogen and oxygen atoms in total. The number of benzene rings is 1. The molecular weight excluding hydrogens is 448 g/mol. The number of amides is 2. The quantitative estimate of drug-likeness (QED) is 0.432. The van der Waals surface area contributed by atoms with E-state index in [1.165, 1.54) is 17.4 Å². The number of likely N-dealkylation sites (tertiary alicyclic amines) is 1. The van der Waals surface area contributed by atoms with Gasteiger partial charge < -0.3 is 9.47 Å². The minimum atomic E-state index is -0.188. The molecule has 9 heteroatoms. The largest absolute Gasteiger partial charge is 0.339 e. The lowest BCUT2D eigenvalue weighted by Gasteiger charge is -2.21. The van der Waals surface area contributed by atoms with Gasteiger partial charge in [0.25, 0.3) is 5.91 Å². The molecule has 1 aromatic carbocycles. The van der Waals surface area contributed by atoms with Gasteiger partial charge in [0.1, 0.15) is 0 Å². The van der Waals surface area contributed by atoms with Gasteiger partial charge in [0.05, 0.1) is 26.5 Å². The van der Waals surface area contributed by atoms with Crippen molar-refractivity contribution < 1.29 is 9.59 Å². The van der Waals surface area contributed by atoms with E-state index in [0.29, 0.717) is 23.9 Å². The standard InChI is InChI=1S/C25H26N6O2S/c1-3-23(32)30-15-6-7-17(13-16-30)31-19-9-5-4-8-18(19)27-25(31)28-24(33)22-11-10-21(34-22)20-12-14-26-29(20)2/h3-5,8-12,14,17H,1,6-7,13,15-16H2,2H3,(H,27,28,33)/t17-/m1/s1. The lowest BCUT2D eigenvalue weighted by Crippen LogP contribution is -2.30. The Bertz CT molecular complexity index is 1370. The molecule has 1 atom stereocenters. The third kappa shape index (κ3) is 4.14. The zero-order valence-corrected chi connectivity index (χ0v) is 19.8. The maximum atomic E-state index is 13.2. The zero-order valence-electron chi connectivity index (χ0n) is 19.0. The summed E-state index contributed by atoms with van der Waals surface area (Å²) < 4.78 is 3.92. The SMILES string of the molecule is C=CC(=O)N1CCC[C@@H](n2c(NC(=O)c3ccc(-c4ccnn4C)s3)nc3ccccc32)CC1. The molecule has 1 saturated heterocycles. The van der Waals surface area contributed by atoms with Crippen LogP contribution in [0.5, 0.6) is 0 Å². The van der Waals surface area contributed by atoms with E-state index in [-0.39, 0.29) is 17.9 Å². The molecule has 3 aromatic heterocycles. The number of hydrogen-bond acceptors (Lipinski definition) is 5. The molecule has 0 spiro atoms. The lowest BCUT2D eigenvalue weighted by molar-refractivity contribution is -0.125. The Morgan fingerprint density at radius 3 is 2.79 bits per heavy atom. The van der Waals surface area contributed by atoms with Gasteiger partial charge in [0.2, 0.25) is 11.9 Å². The fraction of sp³-hybridized carbons (Fsp3) is 0.280. The number of nitrogens with zero attached hydrogens (tertiary/aromatic N) is 5. The summed E-state index contributed by atoms with van der Waals surface area (Å²) in [7, 11) is 1.88. The van der Waals surface area contributed by atoms with Gasteiger partial charge in [-0.3, -0.25) is 19.6 Å². The number of anilines is 1. The Labute approximate surface area is 201 Å². The van der Waals surface area contributed by atoms with E-state index in [1.54, 1.807) is 10.9 Å². The molecule has 1 aliphatic rings. The van der Waals surface area contributed by atoms with Crippen LogP contribution >= 0.6 is 11.3 Å². The van der Waals surface area contributed by atoms with E-state index in [9.17, 15) is 9.59 Å². The van der Waals surface area contributed by atoms with Gasteiger partial charge in [-0.05, 0) is 55.7 Å². The summed E-state index contributed by atoms with van der Waals surface area (Å²) in [6.07, 6.45) is 5.68. The molecule has 5 rings (SSSR count). The van der Waals surface area contributed by atoms with Crippen LogP contribution in [0, 0.1) is 0 Å². The van der Waals surface area contributed by atoms with Crippen molar-refractivity contribution in [3.8, 4) is 10.6 Å². The predicted octanol–water partition coefficient (Wildman–Crippen LogP) is 4.49. The lowest BCUT2D eigenvalue weighted by atomic mass is 10.1. The van der Waals surface area contributed by atoms with Crippen LogP contribution in [0.4, 0.5) is 5.95 Å². The minimum Gasteiger partial charge on any atom is -0.339 e. The molecule has 0 aliphatic carbocycles. The molecule has 4 heterocycles. The summed E-state index contributed by atoms with van der Waals surface area (Å²) in [6, 6.07) is 13.7. The molecule has 0 saturated carbocycles. The van der Waals surface area contributed by atoms with Crippen molar-refractivity contribution in [2.45, 2.75) is 25.3 Å². The van der Waals surface area contributed by atoms with E-state index < -0.39 is 0 Å². The second kappa shape index (κ2) is 9.26. The molecule has 1 fully saturated rings. The average molecular weight is 475 g/mol. The number of aryl methyl sites for hydroxylation is 1. The summed E-state index contributed by atoms with van der Waals surface area (Å²) in [6.45, 7) is 4.97. The van der Waals surface area contributed by atoms with Gasteiger partial charge >= 0.3 is 0 Å². The van der Waals surface area contributed by atoms with Gasteiger partial charge in [-0.15, -0.1) is 11.3 Å². The third-order valence-electron chi connectivity index (χ3n) is 6.27. The van der Waals surface area contributed by atoms with Gasteiger partial charge in [-0.2, -0.15) is 5.10 Å². The van der Waals surface area contributed by atoms with Crippen molar-refractivity contribution in [1.82, 2.24) is 24.2 Å². The average Bonchev–Trinajstić information content (AvgIpc) is 3.53. The number of rotatable bonds is 5. The van der Waals surface area contributed by atoms with Crippen LogP contribution < -0.4 is 5.32 Å². The van der Waals surface area contributed by atoms with E-state index in [0.717, 1.165) is 40.9 Å². The van der Waals surface area contributed by atoms with Crippen molar-refractivity contribution in [3.05, 3.63) is 66.2 Å². The molecule has 0 unspecified atom stereocenters. The van der Waals surface area contributed by atoms with Crippen molar-refractivity contribution in [3.63, 3.8) is 0 Å². The number of hydrogen-bond donors (Lipinski definition) is 1. The molecule has 174 valence electrons. The fourth-order valence-corrected chi connectivity index (χ4v) is 5.52. The topological polar surface area (TPSA) is 85.0 Å². The highest BCUT2D eigenvalue weighted by atomic mass is 32.1. The van der Waals surface area contributed by atoms with Crippen LogP contribution in [0.1, 0.15) is 35.0 Å². The molecule has 34 heavy (non-hydrogen) atoms. The van der Waals surface area contributed by atoms with Crippen LogP contribution in [-0.4, -0.2) is 49.1 Å². The molecule has 1 aliphatic heterocycles. The van der Waals surface area contributed by atoms with Crippen LogP contribution in [0.25, 0.3) is 21.6 Å². The number of carbonyl (C=O) groups is 2. The first-order valence-electron chi connectivity index (χ1n) is 11.3. The second-order valence-corrected chi connectivity index (χ2v) is 9.45. The number of carbonyl (C=O) groups excluding carboxylic acids is 2. The van der Waals surface area contributed by atoms with Crippen molar-refractivity contribution >= 4 is 40.1 Å². The van der Waals surface area contributed by atoms with Gasteiger partial charge in [-0.1, -0.05) is 18.7 Å². The van der Waals surface area contributed by atoms with Crippen molar-refractivity contribution in [1.29, 1.82) is 0 Å². The molecule has 4 aromatic rings. The number of imidazole rings is 1. The number of thiophene rings is 1. The van der Waals surface area contributed by atoms with Crippen molar-refractivity contribution in [2.75, 3.05) is 18.4 Å². The highest BCUT2D eigenvalue weighted by Crippen LogP contribution is 2.32.